The summed E-state index contributed by atoms with van der Waals surface area (Å²) in [6, 6.07) is 0. The Hall–Kier alpha value is -0.750. The van der Waals surface area contributed by atoms with Crippen LogP contribution in [0.1, 0.15) is 6.42 Å². The first-order chi connectivity index (χ1) is 6.75. The van der Waals surface area contributed by atoms with Crippen LogP contribution in [0, 0.1) is 5.92 Å². The Balaban J connectivity index is 1.86. The number of hydrogen-bond donors (Lipinski definition) is 0. The summed E-state index contributed by atoms with van der Waals surface area (Å²) in [5, 5.41) is 8.46. The van der Waals surface area contributed by atoms with E-state index in [1.165, 1.54) is 31.0 Å². The fraction of sp³-hybridized carbons (Fsp3) is 0.875. The summed E-state index contributed by atoms with van der Waals surface area (Å²) in [5.41, 5.74) is 0. The normalized spacial score (nSPS) is 22.9. The zero-order chi connectivity index (χ0) is 9.97. The van der Waals surface area contributed by atoms with Gasteiger partial charge in [-0.15, -0.1) is 0 Å². The molecule has 1 atom stereocenters. The van der Waals surface area contributed by atoms with E-state index in [4.69, 9.17) is 0 Å². The van der Waals surface area contributed by atoms with Gasteiger partial charge in [0.05, 0.1) is 0 Å². The second-order valence-electron chi connectivity index (χ2n) is 3.94. The van der Waals surface area contributed by atoms with Crippen LogP contribution in [0.4, 0.5) is 5.13 Å². The summed E-state index contributed by atoms with van der Waals surface area (Å²) in [7, 11) is 4.23. The van der Waals surface area contributed by atoms with Gasteiger partial charge in [-0.05, 0) is 31.1 Å². The van der Waals surface area contributed by atoms with Crippen molar-refractivity contribution in [3.63, 3.8) is 0 Å². The average Bonchev–Trinajstić information content (AvgIpc) is 2.75. The number of nitrogens with zero attached hydrogens (tertiary/aromatic N) is 5. The molecule has 1 aliphatic heterocycles. The van der Waals surface area contributed by atoms with Gasteiger partial charge >= 0.3 is 0 Å². The zero-order valence-corrected chi connectivity index (χ0v) is 9.37. The second-order valence-corrected chi connectivity index (χ2v) is 4.65. The Bertz CT molecular complexity index is 275. The topological polar surface area (TPSA) is 45.2 Å². The van der Waals surface area contributed by atoms with Crippen LogP contribution < -0.4 is 4.90 Å². The smallest absolute Gasteiger partial charge is 0.227 e. The summed E-state index contributed by atoms with van der Waals surface area (Å²) < 4.78 is 3.76. The SMILES string of the molecule is CN1CCC(CN(C)c2nnns2)C1. The maximum atomic E-state index is 3.95. The number of aromatic nitrogens is 3. The Morgan fingerprint density at radius 3 is 3.07 bits per heavy atom. The maximum Gasteiger partial charge on any atom is 0.227 e. The number of rotatable bonds is 3. The van der Waals surface area contributed by atoms with Crippen LogP contribution in [0.2, 0.25) is 0 Å². The number of likely N-dealkylation sites (tertiary alicyclic amines) is 1. The van der Waals surface area contributed by atoms with E-state index in [0.717, 1.165) is 17.6 Å². The minimum absolute atomic E-state index is 0.758. The van der Waals surface area contributed by atoms with Gasteiger partial charge < -0.3 is 9.80 Å². The van der Waals surface area contributed by atoms with Crippen LogP contribution in [0.15, 0.2) is 0 Å². The molecule has 1 aromatic rings. The van der Waals surface area contributed by atoms with Crippen LogP contribution in [0.5, 0.6) is 0 Å². The molecule has 0 aliphatic carbocycles. The fourth-order valence-electron chi connectivity index (χ4n) is 1.92. The number of hydrogen-bond acceptors (Lipinski definition) is 6. The molecule has 1 aliphatic rings. The van der Waals surface area contributed by atoms with Gasteiger partial charge in [0.1, 0.15) is 0 Å². The van der Waals surface area contributed by atoms with E-state index in [1.54, 1.807) is 0 Å². The van der Waals surface area contributed by atoms with Gasteiger partial charge in [-0.25, -0.2) is 0 Å². The second kappa shape index (κ2) is 4.18. The van der Waals surface area contributed by atoms with Crippen LogP contribution in [0.3, 0.4) is 0 Å². The Kier molecular flexibility index (Phi) is 2.93. The monoisotopic (exact) mass is 213 g/mol. The summed E-state index contributed by atoms with van der Waals surface area (Å²) in [4.78, 5) is 4.52. The largest absolute Gasteiger partial charge is 0.348 e. The highest BCUT2D eigenvalue weighted by atomic mass is 32.1. The lowest BCUT2D eigenvalue weighted by Gasteiger charge is -2.19. The van der Waals surface area contributed by atoms with E-state index in [2.05, 4.69) is 38.7 Å². The Morgan fingerprint density at radius 2 is 2.50 bits per heavy atom. The van der Waals surface area contributed by atoms with Crippen molar-refractivity contribution < 1.29 is 0 Å². The van der Waals surface area contributed by atoms with Crippen LogP contribution >= 0.6 is 11.5 Å². The lowest BCUT2D eigenvalue weighted by atomic mass is 10.1. The van der Waals surface area contributed by atoms with Gasteiger partial charge in [-0.3, -0.25) is 0 Å². The highest BCUT2D eigenvalue weighted by Crippen LogP contribution is 2.19. The predicted octanol–water partition coefficient (Wildman–Crippen LogP) is 0.321. The lowest BCUT2D eigenvalue weighted by molar-refractivity contribution is 0.396. The van der Waals surface area contributed by atoms with Gasteiger partial charge in [0.25, 0.3) is 0 Å². The third-order valence-electron chi connectivity index (χ3n) is 2.64. The highest BCUT2D eigenvalue weighted by Gasteiger charge is 2.21. The van der Waals surface area contributed by atoms with Crippen molar-refractivity contribution in [2.45, 2.75) is 6.42 Å². The molecule has 1 unspecified atom stereocenters. The molecule has 78 valence electrons. The summed E-state index contributed by atoms with van der Waals surface area (Å²) in [6.45, 7) is 3.46. The summed E-state index contributed by atoms with van der Waals surface area (Å²) in [5.74, 6) is 0.758. The summed E-state index contributed by atoms with van der Waals surface area (Å²) in [6.07, 6.45) is 1.28. The molecular weight excluding hydrogens is 198 g/mol. The van der Waals surface area contributed by atoms with E-state index < -0.39 is 0 Å². The van der Waals surface area contributed by atoms with Crippen molar-refractivity contribution in [3.8, 4) is 0 Å². The van der Waals surface area contributed by atoms with E-state index in [1.807, 2.05) is 0 Å². The van der Waals surface area contributed by atoms with Gasteiger partial charge in [-0.2, -0.15) is 0 Å². The van der Waals surface area contributed by atoms with Crippen molar-refractivity contribution in [3.05, 3.63) is 0 Å². The van der Waals surface area contributed by atoms with Crippen molar-refractivity contribution >= 4 is 16.7 Å². The third kappa shape index (κ3) is 2.19. The first-order valence-corrected chi connectivity index (χ1v) is 5.58. The molecule has 2 heterocycles. The van der Waals surface area contributed by atoms with E-state index >= 15 is 0 Å². The number of anilines is 1. The minimum Gasteiger partial charge on any atom is -0.348 e. The molecule has 0 bridgehead atoms. The van der Waals surface area contributed by atoms with Crippen molar-refractivity contribution in [1.29, 1.82) is 0 Å². The van der Waals surface area contributed by atoms with E-state index in [9.17, 15) is 0 Å². The van der Waals surface area contributed by atoms with Crippen LogP contribution in [-0.4, -0.2) is 53.4 Å². The molecular formula is C8H15N5S. The molecule has 1 fully saturated rings. The molecule has 2 rings (SSSR count). The van der Waals surface area contributed by atoms with Crippen LogP contribution in [-0.2, 0) is 0 Å². The lowest BCUT2D eigenvalue weighted by Crippen LogP contribution is -2.27. The van der Waals surface area contributed by atoms with Gasteiger partial charge in [-0.1, -0.05) is 9.59 Å². The average molecular weight is 213 g/mol. The Morgan fingerprint density at radius 1 is 1.64 bits per heavy atom. The quantitative estimate of drug-likeness (QED) is 0.723. The maximum absolute atomic E-state index is 3.95. The Labute approximate surface area is 87.9 Å². The summed E-state index contributed by atoms with van der Waals surface area (Å²) >= 11 is 1.36. The fourth-order valence-corrected chi connectivity index (χ4v) is 2.35. The molecule has 1 saturated heterocycles. The van der Waals surface area contributed by atoms with Crippen molar-refractivity contribution in [1.82, 2.24) is 19.7 Å². The molecule has 0 N–H and O–H groups in total. The first-order valence-electron chi connectivity index (χ1n) is 4.80. The molecule has 0 saturated carbocycles. The van der Waals surface area contributed by atoms with Crippen molar-refractivity contribution in [2.24, 2.45) is 5.92 Å². The molecule has 14 heavy (non-hydrogen) atoms. The van der Waals surface area contributed by atoms with Crippen LogP contribution in [0.25, 0.3) is 0 Å². The predicted molar refractivity (Wildman–Crippen MR) is 56.6 cm³/mol. The standard InChI is InChI=1S/C8H15N5S/c1-12-4-3-7(5-12)6-13(2)8-9-10-11-14-8/h7H,3-6H2,1-2H3. The first kappa shape index (κ1) is 9.79. The van der Waals surface area contributed by atoms with Gasteiger partial charge in [0.2, 0.25) is 5.13 Å². The van der Waals surface area contributed by atoms with E-state index in [0.29, 0.717) is 0 Å². The van der Waals surface area contributed by atoms with E-state index in [-0.39, 0.29) is 0 Å². The molecule has 0 aromatic carbocycles. The molecule has 0 amide bonds. The molecule has 5 nitrogen and oxygen atoms in total. The molecule has 0 radical (unpaired) electrons. The third-order valence-corrected chi connectivity index (χ3v) is 3.35. The molecule has 1 aromatic heterocycles. The highest BCUT2D eigenvalue weighted by molar-refractivity contribution is 7.09. The van der Waals surface area contributed by atoms with Crippen molar-refractivity contribution in [2.75, 3.05) is 38.6 Å². The molecule has 6 heteroatoms. The van der Waals surface area contributed by atoms with Gasteiger partial charge in [0.15, 0.2) is 0 Å². The molecule has 0 spiro atoms. The minimum atomic E-state index is 0.758. The van der Waals surface area contributed by atoms with Gasteiger partial charge in [0, 0.05) is 31.7 Å². The zero-order valence-electron chi connectivity index (χ0n) is 8.55.